The highest BCUT2D eigenvalue weighted by Crippen LogP contribution is 2.22. The maximum Gasteiger partial charge on any atom is 0.253 e. The van der Waals surface area contributed by atoms with E-state index in [9.17, 15) is 9.18 Å². The Labute approximate surface area is 110 Å². The molecule has 0 aliphatic carbocycles. The number of nitrogens with zero attached hydrogens (tertiary/aromatic N) is 1. The Kier molecular flexibility index (Phi) is 4.93. The maximum atomic E-state index is 13.3. The second-order valence-corrected chi connectivity index (χ2v) is 4.23. The first kappa shape index (κ1) is 14.3. The van der Waals surface area contributed by atoms with E-state index in [-0.39, 0.29) is 28.7 Å². The number of carbonyl (C=O) groups excluding carboxylic acids is 1. The van der Waals surface area contributed by atoms with E-state index in [0.29, 0.717) is 6.42 Å². The molecule has 0 spiro atoms. The van der Waals surface area contributed by atoms with Crippen LogP contribution in [0.5, 0.6) is 0 Å². The van der Waals surface area contributed by atoms with Gasteiger partial charge in [-0.2, -0.15) is 5.26 Å². The van der Waals surface area contributed by atoms with Crippen molar-refractivity contribution in [2.24, 2.45) is 0 Å². The number of nitriles is 1. The molecule has 0 aliphatic heterocycles. The highest BCUT2D eigenvalue weighted by atomic mass is 35.5. The lowest BCUT2D eigenvalue weighted by molar-refractivity contribution is 0.0937. The van der Waals surface area contributed by atoms with Gasteiger partial charge in [0.25, 0.3) is 5.91 Å². The van der Waals surface area contributed by atoms with Crippen molar-refractivity contribution in [1.82, 2.24) is 5.32 Å². The molecule has 0 saturated heterocycles. The fraction of sp³-hybridized carbons (Fsp3) is 0.333. The van der Waals surface area contributed by atoms with Crippen LogP contribution in [0.4, 0.5) is 10.1 Å². The zero-order valence-corrected chi connectivity index (χ0v) is 10.6. The molecule has 0 radical (unpaired) electrons. The summed E-state index contributed by atoms with van der Waals surface area (Å²) in [7, 11) is 0. The van der Waals surface area contributed by atoms with Crippen LogP contribution in [0.2, 0.25) is 5.02 Å². The minimum atomic E-state index is -0.735. The van der Waals surface area contributed by atoms with Crippen LogP contribution in [0.1, 0.15) is 30.1 Å². The minimum Gasteiger partial charge on any atom is -0.396 e. The number of halogens is 2. The third kappa shape index (κ3) is 3.34. The van der Waals surface area contributed by atoms with Crippen LogP contribution in [-0.4, -0.2) is 11.9 Å². The van der Waals surface area contributed by atoms with Gasteiger partial charge in [0, 0.05) is 11.1 Å². The molecule has 0 fully saturated rings. The molecule has 4 nitrogen and oxygen atoms in total. The first-order valence-corrected chi connectivity index (χ1v) is 5.79. The Balaban J connectivity index is 2.94. The smallest absolute Gasteiger partial charge is 0.253 e. The number of hydrogen-bond acceptors (Lipinski definition) is 3. The maximum absolute atomic E-state index is 13.3. The molecule has 0 saturated carbocycles. The summed E-state index contributed by atoms with van der Waals surface area (Å²) in [5.41, 5.74) is 5.22. The zero-order valence-electron chi connectivity index (χ0n) is 9.84. The fourth-order valence-electron chi connectivity index (χ4n) is 1.44. The SMILES string of the molecule is CCC(CC#N)NC(=O)c1cc(Cl)cc(F)c1N. The molecule has 96 valence electrons. The minimum absolute atomic E-state index is 0.0172. The Morgan fingerprint density at radius 2 is 2.33 bits per heavy atom. The summed E-state index contributed by atoms with van der Waals surface area (Å²) < 4.78 is 13.3. The van der Waals surface area contributed by atoms with Crippen molar-refractivity contribution >= 4 is 23.2 Å². The molecule has 1 aromatic carbocycles. The third-order valence-electron chi connectivity index (χ3n) is 2.50. The first-order valence-electron chi connectivity index (χ1n) is 5.41. The van der Waals surface area contributed by atoms with Gasteiger partial charge in [-0.25, -0.2) is 4.39 Å². The van der Waals surface area contributed by atoms with Crippen LogP contribution < -0.4 is 11.1 Å². The highest BCUT2D eigenvalue weighted by molar-refractivity contribution is 6.31. The summed E-state index contributed by atoms with van der Waals surface area (Å²) in [6.07, 6.45) is 0.785. The van der Waals surface area contributed by atoms with Crippen LogP contribution in [0.15, 0.2) is 12.1 Å². The molecule has 1 amide bonds. The van der Waals surface area contributed by atoms with Gasteiger partial charge in [0.05, 0.1) is 23.7 Å². The van der Waals surface area contributed by atoms with Gasteiger partial charge in [-0.15, -0.1) is 0 Å². The third-order valence-corrected chi connectivity index (χ3v) is 2.72. The number of rotatable bonds is 4. The van der Waals surface area contributed by atoms with Gasteiger partial charge in [0.15, 0.2) is 0 Å². The van der Waals surface area contributed by atoms with Gasteiger partial charge in [-0.1, -0.05) is 18.5 Å². The molecule has 0 bridgehead atoms. The Morgan fingerprint density at radius 3 is 2.89 bits per heavy atom. The van der Waals surface area contributed by atoms with E-state index in [1.54, 1.807) is 0 Å². The van der Waals surface area contributed by atoms with E-state index in [1.165, 1.54) is 6.07 Å². The monoisotopic (exact) mass is 269 g/mol. The van der Waals surface area contributed by atoms with Crippen molar-refractivity contribution in [2.75, 3.05) is 5.73 Å². The van der Waals surface area contributed by atoms with Crippen molar-refractivity contribution in [3.8, 4) is 6.07 Å². The van der Waals surface area contributed by atoms with Crippen molar-refractivity contribution in [1.29, 1.82) is 5.26 Å². The molecule has 0 aliphatic rings. The first-order chi connectivity index (χ1) is 8.49. The molecule has 3 N–H and O–H groups in total. The van der Waals surface area contributed by atoms with E-state index >= 15 is 0 Å². The molecule has 1 unspecified atom stereocenters. The summed E-state index contributed by atoms with van der Waals surface area (Å²) in [6, 6.07) is 4.02. The van der Waals surface area contributed by atoms with Crippen molar-refractivity contribution in [3.05, 3.63) is 28.5 Å². The number of nitrogens with two attached hydrogens (primary N) is 1. The number of benzene rings is 1. The summed E-state index contributed by atoms with van der Waals surface area (Å²) in [4.78, 5) is 11.9. The second kappa shape index (κ2) is 6.22. The topological polar surface area (TPSA) is 78.9 Å². The van der Waals surface area contributed by atoms with Gasteiger partial charge < -0.3 is 11.1 Å². The van der Waals surface area contributed by atoms with Gasteiger partial charge >= 0.3 is 0 Å². The molecule has 6 heteroatoms. The predicted molar refractivity (Wildman–Crippen MR) is 67.6 cm³/mol. The van der Waals surface area contributed by atoms with E-state index in [2.05, 4.69) is 5.32 Å². The second-order valence-electron chi connectivity index (χ2n) is 3.79. The summed E-state index contributed by atoms with van der Waals surface area (Å²) >= 11 is 5.67. The Hall–Kier alpha value is -1.80. The molecule has 1 rings (SSSR count). The molecule has 0 aromatic heterocycles. The summed E-state index contributed by atoms with van der Waals surface area (Å²) in [5.74, 6) is -1.27. The standard InChI is InChI=1S/C12H13ClFN3O/c1-2-8(3-4-15)17-12(18)9-5-7(13)6-10(14)11(9)16/h5-6,8H,2-3,16H2,1H3,(H,17,18). The lowest BCUT2D eigenvalue weighted by atomic mass is 10.1. The quantitative estimate of drug-likeness (QED) is 0.824. The average Bonchev–Trinajstić information content (AvgIpc) is 2.32. The number of hydrogen-bond donors (Lipinski definition) is 2. The molecule has 18 heavy (non-hydrogen) atoms. The largest absolute Gasteiger partial charge is 0.396 e. The number of carbonyl (C=O) groups is 1. The number of nitrogen functional groups attached to an aromatic ring is 1. The van der Waals surface area contributed by atoms with Crippen LogP contribution in [0.3, 0.4) is 0 Å². The van der Waals surface area contributed by atoms with Gasteiger partial charge in [0.2, 0.25) is 0 Å². The predicted octanol–water partition coefficient (Wildman–Crippen LogP) is 2.48. The normalized spacial score (nSPS) is 11.7. The number of anilines is 1. The van der Waals surface area contributed by atoms with E-state index in [4.69, 9.17) is 22.6 Å². The van der Waals surface area contributed by atoms with Crippen LogP contribution in [-0.2, 0) is 0 Å². The van der Waals surface area contributed by atoms with Crippen molar-refractivity contribution < 1.29 is 9.18 Å². The fourth-order valence-corrected chi connectivity index (χ4v) is 1.65. The van der Waals surface area contributed by atoms with Crippen LogP contribution in [0.25, 0.3) is 0 Å². The molecule has 0 heterocycles. The highest BCUT2D eigenvalue weighted by Gasteiger charge is 2.17. The number of amides is 1. The number of nitrogens with one attached hydrogen (secondary N) is 1. The Bertz CT molecular complexity index is 499. The van der Waals surface area contributed by atoms with Gasteiger partial charge in [-0.05, 0) is 18.6 Å². The van der Waals surface area contributed by atoms with Crippen LogP contribution in [0, 0.1) is 17.1 Å². The summed E-state index contributed by atoms with van der Waals surface area (Å²) in [6.45, 7) is 1.84. The lowest BCUT2D eigenvalue weighted by Gasteiger charge is -2.15. The van der Waals surface area contributed by atoms with Gasteiger partial charge in [-0.3, -0.25) is 4.79 Å². The lowest BCUT2D eigenvalue weighted by Crippen LogP contribution is -2.34. The average molecular weight is 270 g/mol. The van der Waals surface area contributed by atoms with E-state index in [0.717, 1.165) is 6.07 Å². The summed E-state index contributed by atoms with van der Waals surface area (Å²) in [5, 5.41) is 11.3. The van der Waals surface area contributed by atoms with Crippen molar-refractivity contribution in [2.45, 2.75) is 25.8 Å². The van der Waals surface area contributed by atoms with Crippen molar-refractivity contribution in [3.63, 3.8) is 0 Å². The molecule has 1 aromatic rings. The van der Waals surface area contributed by atoms with Gasteiger partial charge in [0.1, 0.15) is 5.82 Å². The van der Waals surface area contributed by atoms with E-state index in [1.807, 2.05) is 13.0 Å². The molecule has 1 atom stereocenters. The van der Waals surface area contributed by atoms with Crippen LogP contribution >= 0.6 is 11.6 Å². The zero-order chi connectivity index (χ0) is 13.7. The molecular formula is C12H13ClFN3O. The Morgan fingerprint density at radius 1 is 1.67 bits per heavy atom. The van der Waals surface area contributed by atoms with E-state index < -0.39 is 11.7 Å². The molecular weight excluding hydrogens is 257 g/mol.